The molecule has 1 amide bonds. The molecule has 0 bridgehead atoms. The van der Waals surface area contributed by atoms with Crippen LogP contribution in [0.5, 0.6) is 0 Å². The summed E-state index contributed by atoms with van der Waals surface area (Å²) >= 11 is 4.25. The highest BCUT2D eigenvalue weighted by Crippen LogP contribution is 2.31. The van der Waals surface area contributed by atoms with Crippen molar-refractivity contribution in [2.24, 2.45) is 7.05 Å². The summed E-state index contributed by atoms with van der Waals surface area (Å²) in [5.74, 6) is -0.352. The fourth-order valence-electron chi connectivity index (χ4n) is 3.39. The van der Waals surface area contributed by atoms with E-state index >= 15 is 0 Å². The summed E-state index contributed by atoms with van der Waals surface area (Å²) < 4.78 is 60.6. The number of alkyl halides is 2. The zero-order valence-corrected chi connectivity index (χ0v) is 21.0. The van der Waals surface area contributed by atoms with Crippen LogP contribution in [-0.4, -0.2) is 75.4 Å². The standard InChI is InChI=1S/C19H19BrF2N6O4S2/c1-26-10-12(16(25-26)17(21)22)18-23-24-19(32-18)33-11-15(29)27-6-8-28(9-7-27)34(30,31)14-5-3-2-4-13(14)20/h2-5,10,17H,6-9,11H2,1H3. The van der Waals surface area contributed by atoms with E-state index in [4.69, 9.17) is 4.42 Å². The van der Waals surface area contributed by atoms with E-state index in [-0.39, 0.29) is 59.4 Å². The van der Waals surface area contributed by atoms with Gasteiger partial charge in [0.25, 0.3) is 17.5 Å². The monoisotopic (exact) mass is 576 g/mol. The van der Waals surface area contributed by atoms with Crippen molar-refractivity contribution in [2.45, 2.75) is 16.5 Å². The number of halogens is 3. The second-order valence-corrected chi connectivity index (χ2v) is 11.0. The molecule has 1 aromatic carbocycles. The molecule has 1 aliphatic rings. The van der Waals surface area contributed by atoms with Crippen LogP contribution in [0.1, 0.15) is 12.1 Å². The van der Waals surface area contributed by atoms with Crippen molar-refractivity contribution in [1.29, 1.82) is 0 Å². The summed E-state index contributed by atoms with van der Waals surface area (Å²) in [5.41, 5.74) is -0.431. The first-order valence-corrected chi connectivity index (χ1v) is 13.2. The van der Waals surface area contributed by atoms with Crippen molar-refractivity contribution in [3.8, 4) is 11.5 Å². The summed E-state index contributed by atoms with van der Waals surface area (Å²) in [6.07, 6.45) is -1.44. The van der Waals surface area contributed by atoms with Crippen molar-refractivity contribution in [2.75, 3.05) is 31.9 Å². The Bertz CT molecular complexity index is 1290. The largest absolute Gasteiger partial charge is 0.411 e. The number of carbonyl (C=O) groups excluding carboxylic acids is 1. The highest BCUT2D eigenvalue weighted by molar-refractivity contribution is 9.10. The van der Waals surface area contributed by atoms with Gasteiger partial charge in [0.2, 0.25) is 15.9 Å². The lowest BCUT2D eigenvalue weighted by atomic mass is 10.2. The lowest BCUT2D eigenvalue weighted by Crippen LogP contribution is -2.51. The van der Waals surface area contributed by atoms with E-state index in [1.54, 1.807) is 23.1 Å². The average molecular weight is 577 g/mol. The molecule has 0 radical (unpaired) electrons. The lowest BCUT2D eigenvalue weighted by molar-refractivity contribution is -0.129. The Labute approximate surface area is 206 Å². The van der Waals surface area contributed by atoms with Gasteiger partial charge in [0, 0.05) is 43.9 Å². The van der Waals surface area contributed by atoms with Gasteiger partial charge in [-0.3, -0.25) is 9.48 Å². The normalized spacial score (nSPS) is 15.3. The molecule has 3 heterocycles. The number of carbonyl (C=O) groups is 1. The number of piperazine rings is 1. The number of hydrogen-bond acceptors (Lipinski definition) is 8. The third-order valence-electron chi connectivity index (χ3n) is 5.07. The van der Waals surface area contributed by atoms with Gasteiger partial charge in [0.1, 0.15) is 5.69 Å². The molecule has 2 aromatic heterocycles. The fourth-order valence-corrected chi connectivity index (χ4v) is 6.45. The van der Waals surface area contributed by atoms with Crippen LogP contribution in [0.15, 0.2) is 49.5 Å². The van der Waals surface area contributed by atoms with Crippen molar-refractivity contribution >= 4 is 43.6 Å². The molecule has 15 heteroatoms. The van der Waals surface area contributed by atoms with Gasteiger partial charge in [0.15, 0.2) is 0 Å². The molecule has 10 nitrogen and oxygen atoms in total. The number of sulfonamides is 1. The molecular weight excluding hydrogens is 558 g/mol. The topological polar surface area (TPSA) is 114 Å². The van der Waals surface area contributed by atoms with E-state index in [1.807, 2.05) is 0 Å². The average Bonchev–Trinajstić information content (AvgIpc) is 3.44. The maximum absolute atomic E-state index is 13.1. The third-order valence-corrected chi connectivity index (χ3v) is 8.78. The zero-order chi connectivity index (χ0) is 24.5. The van der Waals surface area contributed by atoms with Crippen LogP contribution in [-0.2, 0) is 21.9 Å². The zero-order valence-electron chi connectivity index (χ0n) is 17.8. The minimum atomic E-state index is -3.68. The molecule has 1 fully saturated rings. The number of thioether (sulfide) groups is 1. The molecule has 0 aliphatic carbocycles. The first-order chi connectivity index (χ1) is 16.2. The Morgan fingerprint density at radius 3 is 2.59 bits per heavy atom. The SMILES string of the molecule is Cn1cc(-c2nnc(SCC(=O)N3CCN(S(=O)(=O)c4ccccc4Br)CC3)o2)c(C(F)F)n1. The minimum Gasteiger partial charge on any atom is -0.411 e. The summed E-state index contributed by atoms with van der Waals surface area (Å²) in [7, 11) is -2.18. The predicted molar refractivity (Wildman–Crippen MR) is 122 cm³/mol. The van der Waals surface area contributed by atoms with E-state index < -0.39 is 22.1 Å². The van der Waals surface area contributed by atoms with Crippen LogP contribution in [0, 0.1) is 0 Å². The van der Waals surface area contributed by atoms with Gasteiger partial charge in [-0.2, -0.15) is 9.40 Å². The Morgan fingerprint density at radius 2 is 1.91 bits per heavy atom. The highest BCUT2D eigenvalue weighted by atomic mass is 79.9. The molecule has 0 saturated carbocycles. The first kappa shape index (κ1) is 24.8. The molecular formula is C19H19BrF2N6O4S2. The molecule has 3 aromatic rings. The van der Waals surface area contributed by atoms with Gasteiger partial charge < -0.3 is 9.32 Å². The second kappa shape index (κ2) is 10.1. The molecule has 182 valence electrons. The maximum Gasteiger partial charge on any atom is 0.282 e. The number of hydrogen-bond donors (Lipinski definition) is 0. The third kappa shape index (κ3) is 5.16. The Balaban J connectivity index is 1.33. The Kier molecular flexibility index (Phi) is 7.35. The van der Waals surface area contributed by atoms with Crippen molar-refractivity contribution in [3.63, 3.8) is 0 Å². The van der Waals surface area contributed by atoms with E-state index in [1.165, 1.54) is 28.3 Å². The number of aryl methyl sites for hydroxylation is 1. The van der Waals surface area contributed by atoms with Crippen LogP contribution < -0.4 is 0 Å². The van der Waals surface area contributed by atoms with Gasteiger partial charge in [-0.25, -0.2) is 17.2 Å². The summed E-state index contributed by atoms with van der Waals surface area (Å²) in [6.45, 7) is 0.821. The quantitative estimate of drug-likeness (QED) is 0.394. The number of amides is 1. The predicted octanol–water partition coefficient (Wildman–Crippen LogP) is 2.80. The number of aromatic nitrogens is 4. The van der Waals surface area contributed by atoms with E-state index in [9.17, 15) is 22.0 Å². The minimum absolute atomic E-state index is 0.0205. The van der Waals surface area contributed by atoms with Gasteiger partial charge in [0.05, 0.1) is 16.2 Å². The van der Waals surface area contributed by atoms with Gasteiger partial charge in [-0.15, -0.1) is 10.2 Å². The van der Waals surface area contributed by atoms with Crippen LogP contribution in [0.2, 0.25) is 0 Å². The number of nitrogens with zero attached hydrogens (tertiary/aromatic N) is 6. The molecule has 0 atom stereocenters. The van der Waals surface area contributed by atoms with Crippen LogP contribution in [0.4, 0.5) is 8.78 Å². The molecule has 0 N–H and O–H groups in total. The van der Waals surface area contributed by atoms with Gasteiger partial charge in [-0.05, 0) is 28.1 Å². The Hall–Kier alpha value is -2.36. The number of rotatable bonds is 7. The molecule has 0 unspecified atom stereocenters. The van der Waals surface area contributed by atoms with Gasteiger partial charge in [-0.1, -0.05) is 23.9 Å². The summed E-state index contributed by atoms with van der Waals surface area (Å²) in [4.78, 5) is 14.3. The number of benzene rings is 1. The van der Waals surface area contributed by atoms with Crippen molar-refractivity contribution in [3.05, 3.63) is 40.6 Å². The molecule has 0 spiro atoms. The summed E-state index contributed by atoms with van der Waals surface area (Å²) in [5, 5.41) is 11.3. The fraction of sp³-hybridized carbons (Fsp3) is 0.368. The van der Waals surface area contributed by atoms with E-state index in [0.717, 1.165) is 11.8 Å². The molecule has 1 aliphatic heterocycles. The van der Waals surface area contributed by atoms with Crippen LogP contribution >= 0.6 is 27.7 Å². The Morgan fingerprint density at radius 1 is 1.21 bits per heavy atom. The van der Waals surface area contributed by atoms with Crippen molar-refractivity contribution in [1.82, 2.24) is 29.2 Å². The second-order valence-electron chi connectivity index (χ2n) is 7.28. The summed E-state index contributed by atoms with van der Waals surface area (Å²) in [6, 6.07) is 6.58. The highest BCUT2D eigenvalue weighted by Gasteiger charge is 2.31. The van der Waals surface area contributed by atoms with Crippen molar-refractivity contribution < 1.29 is 26.4 Å². The molecule has 1 saturated heterocycles. The first-order valence-electron chi connectivity index (χ1n) is 9.97. The molecule has 34 heavy (non-hydrogen) atoms. The van der Waals surface area contributed by atoms with E-state index in [0.29, 0.717) is 4.47 Å². The van der Waals surface area contributed by atoms with Crippen LogP contribution in [0.3, 0.4) is 0 Å². The van der Waals surface area contributed by atoms with Crippen LogP contribution in [0.25, 0.3) is 11.5 Å². The van der Waals surface area contributed by atoms with Gasteiger partial charge >= 0.3 is 0 Å². The molecule has 4 rings (SSSR count). The van der Waals surface area contributed by atoms with E-state index in [2.05, 4.69) is 31.2 Å². The maximum atomic E-state index is 13.1. The smallest absolute Gasteiger partial charge is 0.282 e. The lowest BCUT2D eigenvalue weighted by Gasteiger charge is -2.34.